The molecule has 0 aromatic rings. The number of aliphatic hydroxyl groups is 1. The Kier molecular flexibility index (Phi) is 4.33. The first-order chi connectivity index (χ1) is 9.21. The normalized spacial score (nSPS) is 36.0. The second-order valence-corrected chi connectivity index (χ2v) is 6.40. The largest absolute Gasteiger partial charge is 0.392 e. The van der Waals surface area contributed by atoms with E-state index < -0.39 is 29.5 Å². The molecule has 20 heavy (non-hydrogen) atoms. The molecule has 116 valence electrons. The highest BCUT2D eigenvalue weighted by Gasteiger charge is 2.49. The van der Waals surface area contributed by atoms with Gasteiger partial charge in [0.15, 0.2) is 0 Å². The summed E-state index contributed by atoms with van der Waals surface area (Å²) in [6, 6.07) is 0. The highest BCUT2D eigenvalue weighted by Crippen LogP contribution is 2.42. The van der Waals surface area contributed by atoms with Gasteiger partial charge in [0.25, 0.3) is 0 Å². The van der Waals surface area contributed by atoms with Gasteiger partial charge in [0.1, 0.15) is 0 Å². The number of amides is 1. The van der Waals surface area contributed by atoms with Crippen molar-refractivity contribution in [3.63, 3.8) is 0 Å². The smallest absolute Gasteiger partial charge is 0.388 e. The summed E-state index contributed by atoms with van der Waals surface area (Å²) < 4.78 is 39.2. The monoisotopic (exact) mass is 293 g/mol. The van der Waals surface area contributed by atoms with Gasteiger partial charge in [-0.25, -0.2) is 0 Å². The van der Waals surface area contributed by atoms with E-state index in [-0.39, 0.29) is 13.0 Å². The highest BCUT2D eigenvalue weighted by molar-refractivity contribution is 5.79. The zero-order valence-electron chi connectivity index (χ0n) is 11.7. The second-order valence-electron chi connectivity index (χ2n) is 6.40. The summed E-state index contributed by atoms with van der Waals surface area (Å²) in [6.07, 6.45) is -1.52. The van der Waals surface area contributed by atoms with Crippen LogP contribution < -0.4 is 0 Å². The Morgan fingerprint density at radius 2 is 1.90 bits per heavy atom. The third-order valence-corrected chi connectivity index (χ3v) is 4.49. The third kappa shape index (κ3) is 3.45. The minimum absolute atomic E-state index is 0.0458. The standard InChI is InChI=1S/C14H22F3NO2/c1-13(20)7-4-8-18(9-13)12(19)10-5-2-3-6-11(10)14(15,16)17/h10-11,20H,2-9H2,1H3. The minimum Gasteiger partial charge on any atom is -0.388 e. The van der Waals surface area contributed by atoms with E-state index in [0.717, 1.165) is 0 Å². The van der Waals surface area contributed by atoms with E-state index in [1.165, 1.54) is 4.90 Å². The van der Waals surface area contributed by atoms with Crippen molar-refractivity contribution in [2.45, 2.75) is 57.2 Å². The van der Waals surface area contributed by atoms with Crippen molar-refractivity contribution in [3.05, 3.63) is 0 Å². The molecule has 1 saturated heterocycles. The first-order valence-electron chi connectivity index (χ1n) is 7.29. The summed E-state index contributed by atoms with van der Waals surface area (Å²) in [4.78, 5) is 13.8. The van der Waals surface area contributed by atoms with E-state index in [0.29, 0.717) is 38.6 Å². The maximum Gasteiger partial charge on any atom is 0.392 e. The van der Waals surface area contributed by atoms with Crippen LogP contribution in [-0.4, -0.2) is 40.8 Å². The van der Waals surface area contributed by atoms with Crippen LogP contribution in [0.25, 0.3) is 0 Å². The molecule has 0 bridgehead atoms. The number of hydrogen-bond donors (Lipinski definition) is 1. The first-order valence-corrected chi connectivity index (χ1v) is 7.29. The van der Waals surface area contributed by atoms with Crippen LogP contribution in [0, 0.1) is 11.8 Å². The summed E-state index contributed by atoms with van der Waals surface area (Å²) in [7, 11) is 0. The molecule has 3 unspecified atom stereocenters. The molecule has 3 atom stereocenters. The van der Waals surface area contributed by atoms with Crippen molar-refractivity contribution in [3.8, 4) is 0 Å². The fourth-order valence-electron chi connectivity index (χ4n) is 3.46. The van der Waals surface area contributed by atoms with Crippen molar-refractivity contribution in [2.24, 2.45) is 11.8 Å². The van der Waals surface area contributed by atoms with E-state index in [4.69, 9.17) is 0 Å². The van der Waals surface area contributed by atoms with E-state index in [9.17, 15) is 23.1 Å². The van der Waals surface area contributed by atoms with E-state index in [2.05, 4.69) is 0 Å². The molecule has 2 fully saturated rings. The molecule has 1 saturated carbocycles. The lowest BCUT2D eigenvalue weighted by atomic mass is 9.77. The van der Waals surface area contributed by atoms with E-state index in [1.54, 1.807) is 6.92 Å². The van der Waals surface area contributed by atoms with Crippen LogP contribution in [0.3, 0.4) is 0 Å². The van der Waals surface area contributed by atoms with Gasteiger partial charge in [-0.3, -0.25) is 4.79 Å². The quantitative estimate of drug-likeness (QED) is 0.807. The maximum absolute atomic E-state index is 13.1. The van der Waals surface area contributed by atoms with Crippen LogP contribution in [0.1, 0.15) is 45.4 Å². The molecule has 1 amide bonds. The lowest BCUT2D eigenvalue weighted by Crippen LogP contribution is -2.52. The van der Waals surface area contributed by atoms with Gasteiger partial charge in [0, 0.05) is 19.0 Å². The Labute approximate surface area is 117 Å². The Bertz CT molecular complexity index is 368. The van der Waals surface area contributed by atoms with E-state index >= 15 is 0 Å². The fourth-order valence-corrected chi connectivity index (χ4v) is 3.46. The molecule has 0 spiro atoms. The predicted octanol–water partition coefficient (Wildman–Crippen LogP) is 2.73. The second kappa shape index (κ2) is 5.54. The van der Waals surface area contributed by atoms with Gasteiger partial charge in [0.2, 0.25) is 5.91 Å². The van der Waals surface area contributed by atoms with Crippen LogP contribution in [0.5, 0.6) is 0 Å². The highest BCUT2D eigenvalue weighted by atomic mass is 19.4. The molecule has 1 aliphatic carbocycles. The third-order valence-electron chi connectivity index (χ3n) is 4.49. The summed E-state index contributed by atoms with van der Waals surface area (Å²) in [5, 5.41) is 10.0. The summed E-state index contributed by atoms with van der Waals surface area (Å²) in [6.45, 7) is 2.23. The van der Waals surface area contributed by atoms with Crippen LogP contribution in [0.4, 0.5) is 13.2 Å². The number of halogens is 3. The molecule has 0 aromatic carbocycles. The van der Waals surface area contributed by atoms with Gasteiger partial charge >= 0.3 is 6.18 Å². The number of β-amino-alcohol motifs (C(OH)–C–C–N with tert-alkyl or cyclic N) is 1. The Balaban J connectivity index is 2.10. The molecule has 2 rings (SSSR count). The lowest BCUT2D eigenvalue weighted by Gasteiger charge is -2.41. The van der Waals surface area contributed by atoms with Crippen molar-refractivity contribution >= 4 is 5.91 Å². The molecule has 1 heterocycles. The summed E-state index contributed by atoms with van der Waals surface area (Å²) in [5.41, 5.74) is -0.976. The molecular weight excluding hydrogens is 271 g/mol. The van der Waals surface area contributed by atoms with E-state index in [1.807, 2.05) is 0 Å². The van der Waals surface area contributed by atoms with Crippen molar-refractivity contribution in [2.75, 3.05) is 13.1 Å². The van der Waals surface area contributed by atoms with Crippen LogP contribution in [0.2, 0.25) is 0 Å². The Morgan fingerprint density at radius 1 is 1.25 bits per heavy atom. The van der Waals surface area contributed by atoms with Gasteiger partial charge in [0.05, 0.1) is 11.5 Å². The molecule has 1 N–H and O–H groups in total. The van der Waals surface area contributed by atoms with Crippen molar-refractivity contribution in [1.82, 2.24) is 4.90 Å². The number of piperidine rings is 1. The van der Waals surface area contributed by atoms with Crippen LogP contribution in [0.15, 0.2) is 0 Å². The van der Waals surface area contributed by atoms with Crippen molar-refractivity contribution in [1.29, 1.82) is 0 Å². The lowest BCUT2D eigenvalue weighted by molar-refractivity contribution is -0.202. The zero-order chi connectivity index (χ0) is 15.0. The van der Waals surface area contributed by atoms with Crippen LogP contribution in [-0.2, 0) is 4.79 Å². The molecule has 3 nitrogen and oxygen atoms in total. The number of nitrogens with zero attached hydrogens (tertiary/aromatic N) is 1. The molecule has 2 aliphatic rings. The number of rotatable bonds is 1. The fraction of sp³-hybridized carbons (Fsp3) is 0.929. The molecule has 0 aromatic heterocycles. The summed E-state index contributed by atoms with van der Waals surface area (Å²) in [5.74, 6) is -2.90. The predicted molar refractivity (Wildman–Crippen MR) is 67.9 cm³/mol. The minimum atomic E-state index is -4.31. The first kappa shape index (κ1) is 15.6. The Hall–Kier alpha value is -0.780. The molecule has 1 aliphatic heterocycles. The number of carbonyl (C=O) groups excluding carboxylic acids is 1. The van der Waals surface area contributed by atoms with Gasteiger partial charge in [-0.2, -0.15) is 13.2 Å². The molecular formula is C14H22F3NO2. The molecule has 0 radical (unpaired) electrons. The average molecular weight is 293 g/mol. The van der Waals surface area contributed by atoms with Gasteiger partial charge in [-0.15, -0.1) is 0 Å². The van der Waals surface area contributed by atoms with Crippen LogP contribution >= 0.6 is 0 Å². The number of carbonyl (C=O) groups is 1. The van der Waals surface area contributed by atoms with Crippen molar-refractivity contribution < 1.29 is 23.1 Å². The van der Waals surface area contributed by atoms with Gasteiger partial charge in [-0.05, 0) is 32.6 Å². The topological polar surface area (TPSA) is 40.5 Å². The number of likely N-dealkylation sites (tertiary alicyclic amines) is 1. The average Bonchev–Trinajstić information content (AvgIpc) is 2.35. The Morgan fingerprint density at radius 3 is 2.50 bits per heavy atom. The SMILES string of the molecule is CC1(O)CCCN(C(=O)C2CCCCC2C(F)(F)F)C1. The van der Waals surface area contributed by atoms with Gasteiger partial charge in [-0.1, -0.05) is 12.8 Å². The molecule has 6 heteroatoms. The maximum atomic E-state index is 13.1. The number of hydrogen-bond acceptors (Lipinski definition) is 2. The zero-order valence-corrected chi connectivity index (χ0v) is 11.7. The van der Waals surface area contributed by atoms with Gasteiger partial charge < -0.3 is 10.0 Å². The summed E-state index contributed by atoms with van der Waals surface area (Å²) >= 11 is 0. The number of alkyl halides is 3.